The Labute approximate surface area is 163 Å². The molecule has 4 rings (SSSR count). The topological polar surface area (TPSA) is 49.4 Å². The largest absolute Gasteiger partial charge is 0.357 e. The van der Waals surface area contributed by atoms with Gasteiger partial charge < -0.3 is 5.32 Å². The Morgan fingerprint density at radius 3 is 2.70 bits per heavy atom. The van der Waals surface area contributed by atoms with Crippen molar-refractivity contribution in [3.05, 3.63) is 57.9 Å². The van der Waals surface area contributed by atoms with Crippen molar-refractivity contribution in [1.82, 2.24) is 0 Å². The molecule has 1 atom stereocenters. The third kappa shape index (κ3) is 3.10. The van der Waals surface area contributed by atoms with Gasteiger partial charge in [-0.1, -0.05) is 39.0 Å². The monoisotopic (exact) mass is 380 g/mol. The minimum Gasteiger partial charge on any atom is -0.357 e. The number of carbonyl (C=O) groups excluding carboxylic acids is 2. The Kier molecular flexibility index (Phi) is 4.42. The summed E-state index contributed by atoms with van der Waals surface area (Å²) in [5.41, 5.74) is 3.32. The molecular formula is C22H24N2O2S. The molecule has 1 aliphatic heterocycles. The molecule has 0 saturated heterocycles. The van der Waals surface area contributed by atoms with E-state index < -0.39 is 0 Å². The summed E-state index contributed by atoms with van der Waals surface area (Å²) in [6.07, 6.45) is 1.68. The van der Waals surface area contributed by atoms with Gasteiger partial charge in [-0.2, -0.15) is 0 Å². The fourth-order valence-electron chi connectivity index (χ4n) is 4.15. The Balaban J connectivity index is 2.00. The van der Waals surface area contributed by atoms with Gasteiger partial charge in [0, 0.05) is 29.0 Å². The predicted molar refractivity (Wildman–Crippen MR) is 110 cm³/mol. The van der Waals surface area contributed by atoms with Crippen LogP contribution in [0.15, 0.2) is 53.0 Å². The molecule has 1 N–H and O–H groups in total. The fraction of sp³-hybridized carbons (Fsp3) is 0.364. The number of nitrogens with one attached hydrogen (secondary N) is 1. The molecule has 5 heteroatoms. The molecule has 2 aliphatic rings. The van der Waals surface area contributed by atoms with Gasteiger partial charge in [-0.3, -0.25) is 14.5 Å². The maximum absolute atomic E-state index is 13.3. The Hall–Kier alpha value is -2.40. The molecular weight excluding hydrogens is 356 g/mol. The number of fused-ring (bicyclic) bond motifs is 1. The molecule has 1 aromatic heterocycles. The van der Waals surface area contributed by atoms with Crippen molar-refractivity contribution in [3.63, 3.8) is 0 Å². The predicted octanol–water partition coefficient (Wildman–Crippen LogP) is 5.30. The lowest BCUT2D eigenvalue weighted by Gasteiger charge is -2.36. The van der Waals surface area contributed by atoms with E-state index in [1.54, 1.807) is 11.3 Å². The molecule has 1 amide bonds. The van der Waals surface area contributed by atoms with Gasteiger partial charge in [-0.15, -0.1) is 11.3 Å². The van der Waals surface area contributed by atoms with Gasteiger partial charge in [0.15, 0.2) is 5.78 Å². The molecule has 0 saturated carbocycles. The quantitative estimate of drug-likeness (QED) is 0.769. The Morgan fingerprint density at radius 2 is 2.00 bits per heavy atom. The zero-order valence-corrected chi connectivity index (χ0v) is 16.7. The molecule has 27 heavy (non-hydrogen) atoms. The van der Waals surface area contributed by atoms with E-state index in [0.29, 0.717) is 12.8 Å². The molecule has 140 valence electrons. The van der Waals surface area contributed by atoms with Crippen molar-refractivity contribution in [1.29, 1.82) is 0 Å². The number of hydrogen-bond donors (Lipinski definition) is 1. The first-order chi connectivity index (χ1) is 12.9. The number of nitrogens with zero attached hydrogens (tertiary/aromatic N) is 1. The first kappa shape index (κ1) is 18.0. The second-order valence-electron chi connectivity index (χ2n) is 8.01. The fourth-order valence-corrected chi connectivity index (χ4v) is 4.97. The van der Waals surface area contributed by atoms with Gasteiger partial charge in [0.25, 0.3) is 0 Å². The molecule has 0 spiro atoms. The first-order valence-corrected chi connectivity index (χ1v) is 10.3. The van der Waals surface area contributed by atoms with Gasteiger partial charge in [0.2, 0.25) is 5.91 Å². The molecule has 0 fully saturated rings. The molecule has 0 unspecified atom stereocenters. The van der Waals surface area contributed by atoms with E-state index in [1.165, 1.54) is 0 Å². The van der Waals surface area contributed by atoms with E-state index in [-0.39, 0.29) is 23.1 Å². The summed E-state index contributed by atoms with van der Waals surface area (Å²) in [6.45, 7) is 6.13. The van der Waals surface area contributed by atoms with Crippen LogP contribution in [0, 0.1) is 5.41 Å². The zero-order valence-electron chi connectivity index (χ0n) is 15.9. The van der Waals surface area contributed by atoms with Crippen molar-refractivity contribution in [2.24, 2.45) is 5.41 Å². The van der Waals surface area contributed by atoms with E-state index in [1.807, 2.05) is 53.6 Å². The van der Waals surface area contributed by atoms with Gasteiger partial charge in [0.1, 0.15) is 6.04 Å². The van der Waals surface area contributed by atoms with Crippen LogP contribution in [0.3, 0.4) is 0 Å². The van der Waals surface area contributed by atoms with Crippen LogP contribution in [0.1, 0.15) is 51.0 Å². The molecule has 0 radical (unpaired) electrons. The molecule has 2 aromatic rings. The average molecular weight is 381 g/mol. The van der Waals surface area contributed by atoms with E-state index in [4.69, 9.17) is 0 Å². The van der Waals surface area contributed by atoms with Crippen LogP contribution in [-0.4, -0.2) is 11.7 Å². The van der Waals surface area contributed by atoms with E-state index in [0.717, 1.165) is 33.9 Å². The highest BCUT2D eigenvalue weighted by atomic mass is 32.1. The van der Waals surface area contributed by atoms with Crippen LogP contribution in [0.4, 0.5) is 11.4 Å². The minimum absolute atomic E-state index is 0.0223. The number of anilines is 2. The molecule has 4 nitrogen and oxygen atoms in total. The van der Waals surface area contributed by atoms with Crippen LogP contribution in [-0.2, 0) is 9.59 Å². The SMILES string of the molecule is CCC(=O)N1c2ccccc2NC2=C(C(=O)CC(C)(C)C2)[C@@H]1c1cccs1. The maximum Gasteiger partial charge on any atom is 0.227 e. The average Bonchev–Trinajstić information content (AvgIpc) is 3.09. The van der Waals surface area contributed by atoms with E-state index >= 15 is 0 Å². The van der Waals surface area contributed by atoms with Crippen LogP contribution < -0.4 is 10.2 Å². The Morgan fingerprint density at radius 1 is 1.22 bits per heavy atom. The highest BCUT2D eigenvalue weighted by molar-refractivity contribution is 7.10. The number of rotatable bonds is 2. The second-order valence-corrected chi connectivity index (χ2v) is 8.99. The summed E-state index contributed by atoms with van der Waals surface area (Å²) in [7, 11) is 0. The number of thiophene rings is 1. The summed E-state index contributed by atoms with van der Waals surface area (Å²) in [5.74, 6) is 0.155. The van der Waals surface area contributed by atoms with Gasteiger partial charge in [0.05, 0.1) is 11.4 Å². The van der Waals surface area contributed by atoms with Crippen LogP contribution >= 0.6 is 11.3 Å². The molecule has 1 aromatic carbocycles. The molecule has 0 bridgehead atoms. The highest BCUT2D eigenvalue weighted by Crippen LogP contribution is 2.49. The van der Waals surface area contributed by atoms with Crippen molar-refractivity contribution >= 4 is 34.4 Å². The van der Waals surface area contributed by atoms with E-state index in [2.05, 4.69) is 19.2 Å². The summed E-state index contributed by atoms with van der Waals surface area (Å²) in [6, 6.07) is 11.5. The number of para-hydroxylation sites is 2. The Bertz CT molecular complexity index is 928. The number of allylic oxidation sites excluding steroid dienone is 1. The summed E-state index contributed by atoms with van der Waals surface area (Å²) in [5, 5.41) is 5.52. The summed E-state index contributed by atoms with van der Waals surface area (Å²) < 4.78 is 0. The van der Waals surface area contributed by atoms with Crippen molar-refractivity contribution in [2.45, 2.75) is 46.1 Å². The normalized spacial score (nSPS) is 21.2. The van der Waals surface area contributed by atoms with Gasteiger partial charge in [-0.05, 0) is 35.4 Å². The summed E-state index contributed by atoms with van der Waals surface area (Å²) >= 11 is 1.59. The third-order valence-electron chi connectivity index (χ3n) is 5.28. The van der Waals surface area contributed by atoms with Crippen molar-refractivity contribution in [2.75, 3.05) is 10.2 Å². The summed E-state index contributed by atoms with van der Waals surface area (Å²) in [4.78, 5) is 29.2. The first-order valence-electron chi connectivity index (χ1n) is 9.39. The smallest absolute Gasteiger partial charge is 0.227 e. The maximum atomic E-state index is 13.3. The number of ketones is 1. The number of benzene rings is 1. The molecule has 1 aliphatic carbocycles. The third-order valence-corrected chi connectivity index (χ3v) is 6.21. The molecule has 2 heterocycles. The van der Waals surface area contributed by atoms with Crippen LogP contribution in [0.25, 0.3) is 0 Å². The lowest BCUT2D eigenvalue weighted by molar-refractivity contribution is -0.119. The highest BCUT2D eigenvalue weighted by Gasteiger charge is 2.43. The van der Waals surface area contributed by atoms with Crippen LogP contribution in [0.5, 0.6) is 0 Å². The minimum atomic E-state index is -0.368. The van der Waals surface area contributed by atoms with Gasteiger partial charge in [-0.25, -0.2) is 0 Å². The number of carbonyl (C=O) groups is 2. The lowest BCUT2D eigenvalue weighted by Crippen LogP contribution is -2.38. The van der Waals surface area contributed by atoms with Crippen LogP contribution in [0.2, 0.25) is 0 Å². The van der Waals surface area contributed by atoms with E-state index in [9.17, 15) is 9.59 Å². The van der Waals surface area contributed by atoms with Crippen molar-refractivity contribution < 1.29 is 9.59 Å². The second kappa shape index (κ2) is 6.64. The number of Topliss-reactive ketones (excluding diaryl/α,β-unsaturated/α-hetero) is 1. The lowest BCUT2D eigenvalue weighted by atomic mass is 9.74. The number of amides is 1. The van der Waals surface area contributed by atoms with Crippen molar-refractivity contribution in [3.8, 4) is 0 Å². The zero-order chi connectivity index (χ0) is 19.2. The standard InChI is InChI=1S/C22H24N2O2S/c1-4-19(26)24-16-9-6-5-8-14(16)23-15-12-22(2,3)13-17(25)20(15)21(24)18-10-7-11-27-18/h5-11,21,23H,4,12-13H2,1-3H3/t21-/m0/s1. The number of hydrogen-bond acceptors (Lipinski definition) is 4. The van der Waals surface area contributed by atoms with Gasteiger partial charge >= 0.3 is 0 Å².